The van der Waals surface area contributed by atoms with Gasteiger partial charge in [-0.25, -0.2) is 0 Å². The fourth-order valence-electron chi connectivity index (χ4n) is 2.86. The summed E-state index contributed by atoms with van der Waals surface area (Å²) in [4.78, 5) is 2.40. The van der Waals surface area contributed by atoms with Gasteiger partial charge >= 0.3 is 0 Å². The Morgan fingerprint density at radius 2 is 1.92 bits per heavy atom. The van der Waals surface area contributed by atoms with Crippen LogP contribution in [0.4, 0.5) is 0 Å². The molecule has 0 bridgehead atoms. The third kappa shape index (κ3) is 6.63. The third-order valence-electron chi connectivity index (χ3n) is 4.15. The molecule has 3 N–H and O–H groups in total. The van der Waals surface area contributed by atoms with E-state index in [9.17, 15) is 5.11 Å². The van der Waals surface area contributed by atoms with Gasteiger partial charge in [-0.3, -0.25) is 10.3 Å². The molecule has 2 rings (SSSR count). The van der Waals surface area contributed by atoms with E-state index in [1.807, 2.05) is 39.8 Å². The molecule has 1 aliphatic rings. The van der Waals surface area contributed by atoms with Gasteiger partial charge in [0.2, 0.25) is 0 Å². The number of phenols is 1. The second-order valence-corrected chi connectivity index (χ2v) is 8.10. The van der Waals surface area contributed by atoms with E-state index in [2.05, 4.69) is 20.7 Å². The molecule has 138 valence electrons. The van der Waals surface area contributed by atoms with Crippen molar-refractivity contribution in [3.8, 4) is 5.75 Å². The monoisotopic (exact) mass is 362 g/mol. The fraction of sp³-hybridized carbons (Fsp3) is 0.579. The second-order valence-electron chi connectivity index (χ2n) is 7.69. The Hall–Kier alpha value is -1.66. The molecule has 0 saturated carbocycles. The molecule has 1 saturated heterocycles. The highest BCUT2D eigenvalue weighted by molar-refractivity contribution is 7.80. The van der Waals surface area contributed by atoms with Crippen LogP contribution in [0.1, 0.15) is 58.1 Å². The van der Waals surface area contributed by atoms with Gasteiger partial charge in [0.1, 0.15) is 5.75 Å². The summed E-state index contributed by atoms with van der Waals surface area (Å²) in [6.45, 7) is 11.1. The molecule has 0 unspecified atom stereocenters. The number of nitrogens with zero attached hydrogens (tertiary/aromatic N) is 2. The summed E-state index contributed by atoms with van der Waals surface area (Å²) in [6.07, 6.45) is 3.79. The smallest absolute Gasteiger partial charge is 0.187 e. The molecule has 5 nitrogen and oxygen atoms in total. The Labute approximate surface area is 156 Å². The van der Waals surface area contributed by atoms with Crippen molar-refractivity contribution in [3.63, 3.8) is 0 Å². The van der Waals surface area contributed by atoms with Crippen molar-refractivity contribution < 1.29 is 5.11 Å². The van der Waals surface area contributed by atoms with Gasteiger partial charge in [-0.1, -0.05) is 6.42 Å². The molecule has 0 aliphatic carbocycles. The van der Waals surface area contributed by atoms with Crippen molar-refractivity contribution in [2.24, 2.45) is 5.10 Å². The molecule has 1 aromatic rings. The molecule has 0 amide bonds. The fourth-order valence-corrected chi connectivity index (χ4v) is 3.22. The summed E-state index contributed by atoms with van der Waals surface area (Å²) in [7, 11) is 0. The normalized spacial score (nSPS) is 16.6. The van der Waals surface area contributed by atoms with Gasteiger partial charge in [-0.15, -0.1) is 0 Å². The van der Waals surface area contributed by atoms with E-state index in [1.54, 1.807) is 6.07 Å². The molecule has 6 heteroatoms. The van der Waals surface area contributed by atoms with E-state index in [1.165, 1.54) is 19.3 Å². The third-order valence-corrected chi connectivity index (χ3v) is 4.35. The quantitative estimate of drug-likeness (QED) is 0.436. The van der Waals surface area contributed by atoms with E-state index in [4.69, 9.17) is 12.2 Å². The number of aromatic hydroxyl groups is 1. The van der Waals surface area contributed by atoms with Crippen LogP contribution >= 0.6 is 12.2 Å². The van der Waals surface area contributed by atoms with E-state index in [0.29, 0.717) is 10.9 Å². The summed E-state index contributed by atoms with van der Waals surface area (Å²) in [6, 6.07) is 5.65. The number of piperidine rings is 1. The first-order valence-corrected chi connectivity index (χ1v) is 9.32. The van der Waals surface area contributed by atoms with E-state index < -0.39 is 0 Å². The zero-order valence-electron chi connectivity index (χ0n) is 15.7. The number of likely N-dealkylation sites (tertiary alicyclic amines) is 1. The predicted molar refractivity (Wildman–Crippen MR) is 108 cm³/mol. The Balaban J connectivity index is 2.04. The number of rotatable bonds is 4. The molecular weight excluding hydrogens is 332 g/mol. The number of hydrazone groups is 1. The van der Waals surface area contributed by atoms with Gasteiger partial charge in [-0.05, 0) is 89.6 Å². The maximum absolute atomic E-state index is 10.2. The van der Waals surface area contributed by atoms with E-state index in [-0.39, 0.29) is 5.54 Å². The number of nitrogens with one attached hydrogen (secondary N) is 2. The van der Waals surface area contributed by atoms with Crippen LogP contribution in [0, 0.1) is 0 Å². The van der Waals surface area contributed by atoms with Gasteiger partial charge in [0.15, 0.2) is 5.11 Å². The lowest BCUT2D eigenvalue weighted by Crippen LogP contribution is -2.44. The highest BCUT2D eigenvalue weighted by Gasteiger charge is 2.14. The van der Waals surface area contributed by atoms with Gasteiger partial charge in [0, 0.05) is 17.6 Å². The van der Waals surface area contributed by atoms with Gasteiger partial charge in [0.25, 0.3) is 0 Å². The molecule has 0 aromatic heterocycles. The van der Waals surface area contributed by atoms with Crippen LogP contribution in [0.5, 0.6) is 5.75 Å². The summed E-state index contributed by atoms with van der Waals surface area (Å²) >= 11 is 5.25. The van der Waals surface area contributed by atoms with Crippen LogP contribution < -0.4 is 10.7 Å². The lowest BCUT2D eigenvalue weighted by Gasteiger charge is -2.26. The predicted octanol–water partition coefficient (Wildman–Crippen LogP) is 3.36. The molecule has 0 spiro atoms. The SMILES string of the molecule is C/C(=N\NC(=S)NC(C)(C)C)c1ccc(O)c(CN2CCCCC2)c1. The molecule has 25 heavy (non-hydrogen) atoms. The van der Waals surface area contributed by atoms with Gasteiger partial charge in [-0.2, -0.15) is 5.10 Å². The van der Waals surface area contributed by atoms with Crippen molar-refractivity contribution in [1.82, 2.24) is 15.6 Å². The summed E-state index contributed by atoms with van der Waals surface area (Å²) in [5.74, 6) is 0.347. The first kappa shape index (κ1) is 19.7. The minimum Gasteiger partial charge on any atom is -0.508 e. The molecular formula is C19H30N4OS. The lowest BCUT2D eigenvalue weighted by atomic mass is 10.0. The van der Waals surface area contributed by atoms with Crippen molar-refractivity contribution in [2.45, 2.75) is 59.0 Å². The Morgan fingerprint density at radius 3 is 2.56 bits per heavy atom. The lowest BCUT2D eigenvalue weighted by molar-refractivity contribution is 0.218. The average molecular weight is 363 g/mol. The van der Waals surface area contributed by atoms with Crippen LogP contribution in [-0.2, 0) is 6.54 Å². The summed E-state index contributed by atoms with van der Waals surface area (Å²) in [5.41, 5.74) is 5.55. The first-order chi connectivity index (χ1) is 11.7. The molecule has 1 aromatic carbocycles. The second kappa shape index (κ2) is 8.63. The van der Waals surface area contributed by atoms with Crippen LogP contribution in [-0.4, -0.2) is 39.5 Å². The zero-order chi connectivity index (χ0) is 18.4. The van der Waals surface area contributed by atoms with Crippen LogP contribution in [0.3, 0.4) is 0 Å². The van der Waals surface area contributed by atoms with Gasteiger partial charge < -0.3 is 10.4 Å². The van der Waals surface area contributed by atoms with Crippen LogP contribution in [0.15, 0.2) is 23.3 Å². The maximum atomic E-state index is 10.2. The highest BCUT2D eigenvalue weighted by Crippen LogP contribution is 2.22. The molecule has 1 aliphatic heterocycles. The van der Waals surface area contributed by atoms with E-state index >= 15 is 0 Å². The number of phenolic OH excluding ortho intramolecular Hbond substituents is 1. The number of hydrogen-bond acceptors (Lipinski definition) is 4. The highest BCUT2D eigenvalue weighted by atomic mass is 32.1. The minimum absolute atomic E-state index is 0.104. The number of benzene rings is 1. The summed E-state index contributed by atoms with van der Waals surface area (Å²) < 4.78 is 0. The molecule has 0 radical (unpaired) electrons. The van der Waals surface area contributed by atoms with Crippen molar-refractivity contribution in [1.29, 1.82) is 0 Å². The van der Waals surface area contributed by atoms with Crippen molar-refractivity contribution in [2.75, 3.05) is 13.1 Å². The molecule has 0 atom stereocenters. The standard InChI is InChI=1S/C19H30N4OS/c1-14(21-22-18(25)20-19(2,3)4)15-8-9-17(24)16(12-15)13-23-10-6-5-7-11-23/h8-9,12,24H,5-7,10-11,13H2,1-4H3,(H2,20,22,25)/b21-14+. The van der Waals surface area contributed by atoms with Crippen LogP contribution in [0.25, 0.3) is 0 Å². The van der Waals surface area contributed by atoms with E-state index in [0.717, 1.165) is 36.5 Å². The largest absolute Gasteiger partial charge is 0.508 e. The van der Waals surface area contributed by atoms with Crippen LogP contribution in [0.2, 0.25) is 0 Å². The maximum Gasteiger partial charge on any atom is 0.187 e. The summed E-state index contributed by atoms with van der Waals surface area (Å²) in [5, 5.41) is 18.2. The topological polar surface area (TPSA) is 59.9 Å². The number of thiocarbonyl (C=S) groups is 1. The Morgan fingerprint density at radius 1 is 1.24 bits per heavy atom. The van der Waals surface area contributed by atoms with Crippen molar-refractivity contribution >= 4 is 23.0 Å². The first-order valence-electron chi connectivity index (χ1n) is 8.92. The minimum atomic E-state index is -0.104. The number of hydrogen-bond donors (Lipinski definition) is 3. The zero-order valence-corrected chi connectivity index (χ0v) is 16.5. The average Bonchev–Trinajstić information content (AvgIpc) is 2.54. The Kier molecular flexibility index (Phi) is 6.79. The van der Waals surface area contributed by atoms with Gasteiger partial charge in [0.05, 0.1) is 5.71 Å². The van der Waals surface area contributed by atoms with Crippen molar-refractivity contribution in [3.05, 3.63) is 29.3 Å². The molecule has 1 fully saturated rings. The molecule has 1 heterocycles. The Bertz CT molecular complexity index is 631.